The number of rotatable bonds is 5. The van der Waals surface area contributed by atoms with Crippen molar-refractivity contribution in [3.05, 3.63) is 24.3 Å². The molecule has 22 heavy (non-hydrogen) atoms. The van der Waals surface area contributed by atoms with Crippen LogP contribution in [0.25, 0.3) is 10.2 Å². The first-order valence-electron chi connectivity index (χ1n) is 7.20. The maximum Gasteiger partial charge on any atom is 0.230 e. The molecule has 0 radical (unpaired) electrons. The Morgan fingerprint density at radius 3 is 2.77 bits per heavy atom. The van der Waals surface area contributed by atoms with Gasteiger partial charge < -0.3 is 11.1 Å². The number of carbonyl (C=O) groups is 1. The number of nitrogens with one attached hydrogen (secondary N) is 1. The minimum absolute atomic E-state index is 0. The zero-order chi connectivity index (χ0) is 14.7. The van der Waals surface area contributed by atoms with E-state index in [0.29, 0.717) is 12.3 Å². The van der Waals surface area contributed by atoms with E-state index in [1.54, 1.807) is 11.3 Å². The standard InChI is InChI=1S/C15H19N3OS2.ClH/c16-10-15(7-3-4-8-15)18-13(19)9-20-14-17-11-5-1-2-6-12(11)21-14;/h1-2,5-6H,3-4,7-10,16H2,(H,18,19);1H. The minimum Gasteiger partial charge on any atom is -0.349 e. The summed E-state index contributed by atoms with van der Waals surface area (Å²) in [6.07, 6.45) is 4.31. The third-order valence-electron chi connectivity index (χ3n) is 3.96. The summed E-state index contributed by atoms with van der Waals surface area (Å²) in [5.74, 6) is 0.466. The van der Waals surface area contributed by atoms with E-state index < -0.39 is 0 Å². The third-order valence-corrected chi connectivity index (χ3v) is 6.14. The predicted octanol–water partition coefficient (Wildman–Crippen LogP) is 3.20. The van der Waals surface area contributed by atoms with Gasteiger partial charge in [0.15, 0.2) is 4.34 Å². The van der Waals surface area contributed by atoms with Crippen LogP contribution in [0.2, 0.25) is 0 Å². The molecular weight excluding hydrogens is 338 g/mol. The Morgan fingerprint density at radius 1 is 1.36 bits per heavy atom. The van der Waals surface area contributed by atoms with Crippen LogP contribution in [-0.4, -0.2) is 28.7 Å². The smallest absolute Gasteiger partial charge is 0.230 e. The summed E-state index contributed by atoms with van der Waals surface area (Å²) in [5, 5.41) is 3.14. The Kier molecular flexibility index (Phi) is 6.09. The number of nitrogens with two attached hydrogens (primary N) is 1. The number of thiazole rings is 1. The molecule has 1 heterocycles. The van der Waals surface area contributed by atoms with E-state index >= 15 is 0 Å². The van der Waals surface area contributed by atoms with Gasteiger partial charge >= 0.3 is 0 Å². The van der Waals surface area contributed by atoms with Crippen LogP contribution >= 0.6 is 35.5 Å². The normalized spacial score (nSPS) is 16.4. The van der Waals surface area contributed by atoms with E-state index in [0.717, 1.165) is 40.2 Å². The molecule has 0 spiro atoms. The Morgan fingerprint density at radius 2 is 2.09 bits per heavy atom. The summed E-state index contributed by atoms with van der Waals surface area (Å²) in [4.78, 5) is 16.7. The number of halogens is 1. The topological polar surface area (TPSA) is 68.0 Å². The number of para-hydroxylation sites is 1. The number of nitrogens with zero attached hydrogens (tertiary/aromatic N) is 1. The molecule has 0 aliphatic heterocycles. The van der Waals surface area contributed by atoms with E-state index in [-0.39, 0.29) is 23.9 Å². The maximum absolute atomic E-state index is 12.1. The second-order valence-corrected chi connectivity index (χ2v) is 7.73. The quantitative estimate of drug-likeness (QED) is 0.806. The van der Waals surface area contributed by atoms with E-state index in [9.17, 15) is 4.79 Å². The van der Waals surface area contributed by atoms with Crippen molar-refractivity contribution >= 4 is 51.6 Å². The Hall–Kier alpha value is -0.820. The van der Waals surface area contributed by atoms with Gasteiger partial charge in [-0.15, -0.1) is 23.7 Å². The number of amides is 1. The van der Waals surface area contributed by atoms with Gasteiger partial charge in [0, 0.05) is 6.54 Å². The predicted molar refractivity (Wildman–Crippen MR) is 96.0 cm³/mol. The average Bonchev–Trinajstić information content (AvgIpc) is 3.11. The number of carbonyl (C=O) groups excluding carboxylic acids is 1. The fourth-order valence-electron chi connectivity index (χ4n) is 2.80. The molecule has 3 N–H and O–H groups in total. The first-order chi connectivity index (χ1) is 10.2. The molecule has 0 unspecified atom stereocenters. The summed E-state index contributed by atoms with van der Waals surface area (Å²) < 4.78 is 2.11. The van der Waals surface area contributed by atoms with E-state index in [1.165, 1.54) is 11.8 Å². The van der Waals surface area contributed by atoms with Crippen molar-refractivity contribution in [1.29, 1.82) is 0 Å². The fourth-order valence-corrected chi connectivity index (χ4v) is 4.67. The van der Waals surface area contributed by atoms with Crippen LogP contribution in [0.15, 0.2) is 28.6 Å². The second kappa shape index (κ2) is 7.64. The number of fused-ring (bicyclic) bond motifs is 1. The molecule has 1 amide bonds. The highest BCUT2D eigenvalue weighted by atomic mass is 35.5. The number of benzene rings is 1. The van der Waals surface area contributed by atoms with Crippen molar-refractivity contribution in [2.24, 2.45) is 5.73 Å². The van der Waals surface area contributed by atoms with Gasteiger partial charge in [-0.2, -0.15) is 0 Å². The molecular formula is C15H20ClN3OS2. The van der Waals surface area contributed by atoms with Gasteiger partial charge in [0.25, 0.3) is 0 Å². The molecule has 4 nitrogen and oxygen atoms in total. The van der Waals surface area contributed by atoms with Crippen molar-refractivity contribution < 1.29 is 4.79 Å². The fraction of sp³-hybridized carbons (Fsp3) is 0.467. The van der Waals surface area contributed by atoms with Gasteiger partial charge in [-0.3, -0.25) is 4.79 Å². The van der Waals surface area contributed by atoms with Crippen LogP contribution in [0.3, 0.4) is 0 Å². The van der Waals surface area contributed by atoms with E-state index in [2.05, 4.69) is 16.4 Å². The lowest BCUT2D eigenvalue weighted by Crippen LogP contribution is -2.52. The molecule has 1 aliphatic rings. The molecule has 2 aromatic rings. The van der Waals surface area contributed by atoms with Gasteiger partial charge in [-0.05, 0) is 25.0 Å². The highest BCUT2D eigenvalue weighted by molar-refractivity contribution is 8.01. The molecule has 1 aromatic heterocycles. The summed E-state index contributed by atoms with van der Waals surface area (Å²) in [6.45, 7) is 0.532. The second-order valence-electron chi connectivity index (χ2n) is 5.48. The Labute approximate surface area is 144 Å². The zero-order valence-electron chi connectivity index (χ0n) is 12.2. The largest absolute Gasteiger partial charge is 0.349 e. The van der Waals surface area contributed by atoms with Crippen molar-refractivity contribution in [3.63, 3.8) is 0 Å². The molecule has 0 atom stereocenters. The van der Waals surface area contributed by atoms with Gasteiger partial charge in [0.1, 0.15) is 0 Å². The molecule has 3 rings (SSSR count). The monoisotopic (exact) mass is 357 g/mol. The van der Waals surface area contributed by atoms with Crippen LogP contribution in [0.4, 0.5) is 0 Å². The molecule has 1 aromatic carbocycles. The van der Waals surface area contributed by atoms with E-state index in [4.69, 9.17) is 5.73 Å². The third kappa shape index (κ3) is 3.93. The Bertz CT molecular complexity index is 608. The molecule has 1 saturated carbocycles. The highest BCUT2D eigenvalue weighted by Gasteiger charge is 2.33. The zero-order valence-corrected chi connectivity index (χ0v) is 14.7. The molecule has 0 bridgehead atoms. The van der Waals surface area contributed by atoms with Gasteiger partial charge in [0.05, 0.1) is 21.5 Å². The molecule has 1 aliphatic carbocycles. The van der Waals surface area contributed by atoms with E-state index in [1.807, 2.05) is 18.2 Å². The van der Waals surface area contributed by atoms with Crippen LogP contribution in [0.5, 0.6) is 0 Å². The summed E-state index contributed by atoms with van der Waals surface area (Å²) in [7, 11) is 0. The van der Waals surface area contributed by atoms with Crippen LogP contribution < -0.4 is 11.1 Å². The lowest BCUT2D eigenvalue weighted by molar-refractivity contribution is -0.120. The Balaban J connectivity index is 0.00000176. The minimum atomic E-state index is -0.161. The van der Waals surface area contributed by atoms with Crippen molar-refractivity contribution in [3.8, 4) is 0 Å². The SMILES string of the molecule is Cl.NCC1(NC(=O)CSc2nc3ccccc3s2)CCCC1. The molecule has 1 fully saturated rings. The number of hydrogen-bond donors (Lipinski definition) is 2. The molecule has 120 valence electrons. The molecule has 7 heteroatoms. The maximum atomic E-state index is 12.1. The van der Waals surface area contributed by atoms with Crippen molar-refractivity contribution in [2.45, 2.75) is 35.6 Å². The van der Waals surface area contributed by atoms with Gasteiger partial charge in [0.2, 0.25) is 5.91 Å². The summed E-state index contributed by atoms with van der Waals surface area (Å²) >= 11 is 3.14. The van der Waals surface area contributed by atoms with Crippen molar-refractivity contribution in [2.75, 3.05) is 12.3 Å². The van der Waals surface area contributed by atoms with Crippen LogP contribution in [0, 0.1) is 0 Å². The number of thioether (sulfide) groups is 1. The van der Waals surface area contributed by atoms with Gasteiger partial charge in [-0.25, -0.2) is 4.98 Å². The first kappa shape index (κ1) is 17.5. The summed E-state index contributed by atoms with van der Waals surface area (Å²) in [5.41, 5.74) is 6.68. The van der Waals surface area contributed by atoms with Crippen molar-refractivity contribution in [1.82, 2.24) is 10.3 Å². The lowest BCUT2D eigenvalue weighted by Gasteiger charge is -2.28. The van der Waals surface area contributed by atoms with Crippen LogP contribution in [0.1, 0.15) is 25.7 Å². The first-order valence-corrected chi connectivity index (χ1v) is 9.00. The average molecular weight is 358 g/mol. The number of hydrogen-bond acceptors (Lipinski definition) is 5. The molecule has 0 saturated heterocycles. The summed E-state index contributed by atoms with van der Waals surface area (Å²) in [6, 6.07) is 8.04. The highest BCUT2D eigenvalue weighted by Crippen LogP contribution is 2.31. The lowest BCUT2D eigenvalue weighted by atomic mass is 9.98. The van der Waals surface area contributed by atoms with Crippen LogP contribution in [-0.2, 0) is 4.79 Å². The van der Waals surface area contributed by atoms with Gasteiger partial charge in [-0.1, -0.05) is 36.7 Å². The number of aromatic nitrogens is 1.